The summed E-state index contributed by atoms with van der Waals surface area (Å²) in [4.78, 5) is 13.3. The number of carbonyl (C=O) groups excluding carboxylic acids is 1. The van der Waals surface area contributed by atoms with Gasteiger partial charge in [-0.15, -0.1) is 0 Å². The van der Waals surface area contributed by atoms with Gasteiger partial charge in [0.05, 0.1) is 4.90 Å². The molecule has 0 unspecified atom stereocenters. The van der Waals surface area contributed by atoms with E-state index in [0.29, 0.717) is 25.6 Å². The van der Waals surface area contributed by atoms with Crippen molar-refractivity contribution in [3.8, 4) is 0 Å². The second-order valence-corrected chi connectivity index (χ2v) is 7.75. The van der Waals surface area contributed by atoms with Crippen LogP contribution in [0.5, 0.6) is 0 Å². The van der Waals surface area contributed by atoms with Crippen molar-refractivity contribution >= 4 is 15.9 Å². The first-order valence-electron chi connectivity index (χ1n) is 7.92. The molecule has 0 radical (unpaired) electrons. The van der Waals surface area contributed by atoms with Crippen molar-refractivity contribution < 1.29 is 13.2 Å². The summed E-state index contributed by atoms with van der Waals surface area (Å²) in [5.41, 5.74) is 0.992. The number of nitrogens with zero attached hydrogens (tertiary/aromatic N) is 1. The van der Waals surface area contributed by atoms with Crippen LogP contribution in [0.15, 0.2) is 29.2 Å². The van der Waals surface area contributed by atoms with E-state index in [2.05, 4.69) is 14.9 Å². The molecule has 2 rings (SSSR count). The Bertz CT molecular complexity index is 624. The lowest BCUT2D eigenvalue weighted by molar-refractivity contribution is -0.118. The average Bonchev–Trinajstić information content (AvgIpc) is 3.32. The van der Waals surface area contributed by atoms with Gasteiger partial charge in [-0.25, -0.2) is 13.1 Å². The Morgan fingerprint density at radius 3 is 2.43 bits per heavy atom. The lowest BCUT2D eigenvalue weighted by Gasteiger charge is -2.15. The molecule has 0 bridgehead atoms. The van der Waals surface area contributed by atoms with E-state index in [-0.39, 0.29) is 10.8 Å². The Hall–Kier alpha value is -1.44. The Balaban J connectivity index is 1.82. The zero-order valence-corrected chi connectivity index (χ0v) is 14.5. The number of benzene rings is 1. The molecular formula is C16H25N3O3S. The minimum atomic E-state index is -3.46. The van der Waals surface area contributed by atoms with Gasteiger partial charge in [-0.05, 0) is 44.0 Å². The number of likely N-dealkylation sites (N-methyl/N-ethyl adjacent to an activating group) is 1. The van der Waals surface area contributed by atoms with Crippen LogP contribution in [0.25, 0.3) is 0 Å². The molecule has 1 aliphatic rings. The fourth-order valence-electron chi connectivity index (χ4n) is 2.36. The molecular weight excluding hydrogens is 314 g/mol. The molecule has 2 N–H and O–H groups in total. The molecule has 1 amide bonds. The number of hydrogen-bond donors (Lipinski definition) is 2. The largest absolute Gasteiger partial charge is 0.356 e. The molecule has 1 aromatic carbocycles. The predicted octanol–water partition coefficient (Wildman–Crippen LogP) is 0.738. The number of hydrogen-bond acceptors (Lipinski definition) is 4. The van der Waals surface area contributed by atoms with Crippen molar-refractivity contribution in [2.24, 2.45) is 0 Å². The number of nitrogens with one attached hydrogen (secondary N) is 2. The van der Waals surface area contributed by atoms with Crippen molar-refractivity contribution in [1.82, 2.24) is 14.9 Å². The van der Waals surface area contributed by atoms with Crippen LogP contribution in [0, 0.1) is 0 Å². The van der Waals surface area contributed by atoms with E-state index in [1.165, 1.54) is 19.8 Å². The summed E-state index contributed by atoms with van der Waals surface area (Å²) in [6.45, 7) is 3.16. The molecule has 1 aromatic rings. The minimum Gasteiger partial charge on any atom is -0.356 e. The van der Waals surface area contributed by atoms with Crippen LogP contribution < -0.4 is 10.0 Å². The molecule has 0 atom stereocenters. The maximum atomic E-state index is 12.2. The minimum absolute atomic E-state index is 0.0652. The summed E-state index contributed by atoms with van der Waals surface area (Å²) >= 11 is 0. The van der Waals surface area contributed by atoms with Crippen LogP contribution in [0.1, 0.15) is 25.3 Å². The standard InChI is InChI=1S/C16H25N3O3S/c1-13(20)17-10-9-14-3-7-16(8-4-14)23(21,22)18-11-12-19(2)15-5-6-15/h3-4,7-8,15,18H,5-6,9-12H2,1-2H3,(H,17,20). The smallest absolute Gasteiger partial charge is 0.240 e. The SMILES string of the molecule is CC(=O)NCCc1ccc(S(=O)(=O)NCCN(C)C2CC2)cc1. The van der Waals surface area contributed by atoms with Crippen LogP contribution in [0.2, 0.25) is 0 Å². The second-order valence-electron chi connectivity index (χ2n) is 5.99. The van der Waals surface area contributed by atoms with E-state index in [0.717, 1.165) is 12.1 Å². The zero-order chi connectivity index (χ0) is 16.9. The van der Waals surface area contributed by atoms with E-state index in [9.17, 15) is 13.2 Å². The van der Waals surface area contributed by atoms with Gasteiger partial charge in [-0.2, -0.15) is 0 Å². The van der Waals surface area contributed by atoms with Crippen molar-refractivity contribution in [1.29, 1.82) is 0 Å². The van der Waals surface area contributed by atoms with Crippen molar-refractivity contribution in [2.45, 2.75) is 37.1 Å². The Morgan fingerprint density at radius 2 is 1.87 bits per heavy atom. The first-order chi connectivity index (χ1) is 10.9. The summed E-state index contributed by atoms with van der Waals surface area (Å²) in [5.74, 6) is -0.0652. The van der Waals surface area contributed by atoms with Gasteiger partial charge in [-0.3, -0.25) is 4.79 Å². The molecule has 0 spiro atoms. The summed E-state index contributed by atoms with van der Waals surface area (Å²) in [6, 6.07) is 7.41. The molecule has 1 aliphatic carbocycles. The fourth-order valence-corrected chi connectivity index (χ4v) is 3.38. The molecule has 1 fully saturated rings. The normalized spacial score (nSPS) is 14.9. The lowest BCUT2D eigenvalue weighted by atomic mass is 10.1. The Labute approximate surface area is 138 Å². The lowest BCUT2D eigenvalue weighted by Crippen LogP contribution is -2.34. The van der Waals surface area contributed by atoms with Crippen LogP contribution in [-0.2, 0) is 21.2 Å². The fraction of sp³-hybridized carbons (Fsp3) is 0.562. The monoisotopic (exact) mass is 339 g/mol. The van der Waals surface area contributed by atoms with Gasteiger partial charge in [0.1, 0.15) is 0 Å². The third-order valence-electron chi connectivity index (χ3n) is 3.95. The highest BCUT2D eigenvalue weighted by Gasteiger charge is 2.25. The van der Waals surface area contributed by atoms with Crippen LogP contribution in [-0.4, -0.2) is 51.9 Å². The van der Waals surface area contributed by atoms with Gasteiger partial charge in [-0.1, -0.05) is 12.1 Å². The van der Waals surface area contributed by atoms with E-state index < -0.39 is 10.0 Å². The average molecular weight is 339 g/mol. The molecule has 0 saturated heterocycles. The highest BCUT2D eigenvalue weighted by molar-refractivity contribution is 7.89. The summed E-state index contributed by atoms with van der Waals surface area (Å²) in [5, 5.41) is 2.72. The maximum Gasteiger partial charge on any atom is 0.240 e. The number of rotatable bonds is 9. The number of carbonyl (C=O) groups is 1. The second kappa shape index (κ2) is 7.90. The zero-order valence-electron chi connectivity index (χ0n) is 13.7. The van der Waals surface area contributed by atoms with Crippen LogP contribution in [0.3, 0.4) is 0 Å². The summed E-state index contributed by atoms with van der Waals surface area (Å²) in [7, 11) is -1.43. The molecule has 1 saturated carbocycles. The van der Waals surface area contributed by atoms with Crippen molar-refractivity contribution in [2.75, 3.05) is 26.7 Å². The van der Waals surface area contributed by atoms with Gasteiger partial charge in [0.15, 0.2) is 0 Å². The predicted molar refractivity (Wildman–Crippen MR) is 89.7 cm³/mol. The van der Waals surface area contributed by atoms with E-state index >= 15 is 0 Å². The quantitative estimate of drug-likeness (QED) is 0.695. The third kappa shape index (κ3) is 5.93. The van der Waals surface area contributed by atoms with E-state index in [1.807, 2.05) is 7.05 Å². The van der Waals surface area contributed by atoms with Crippen LogP contribution >= 0.6 is 0 Å². The third-order valence-corrected chi connectivity index (χ3v) is 5.43. The number of sulfonamides is 1. The highest BCUT2D eigenvalue weighted by atomic mass is 32.2. The first kappa shape index (κ1) is 17.9. The molecule has 0 heterocycles. The Morgan fingerprint density at radius 1 is 1.22 bits per heavy atom. The van der Waals surface area contributed by atoms with Crippen molar-refractivity contribution in [3.05, 3.63) is 29.8 Å². The molecule has 128 valence electrons. The van der Waals surface area contributed by atoms with Gasteiger partial charge in [0, 0.05) is 32.6 Å². The molecule has 23 heavy (non-hydrogen) atoms. The van der Waals surface area contributed by atoms with Gasteiger partial charge >= 0.3 is 0 Å². The first-order valence-corrected chi connectivity index (χ1v) is 9.40. The topological polar surface area (TPSA) is 78.5 Å². The van der Waals surface area contributed by atoms with Gasteiger partial charge < -0.3 is 10.2 Å². The molecule has 7 heteroatoms. The molecule has 6 nitrogen and oxygen atoms in total. The number of amides is 1. The van der Waals surface area contributed by atoms with Crippen LogP contribution in [0.4, 0.5) is 0 Å². The highest BCUT2D eigenvalue weighted by Crippen LogP contribution is 2.24. The van der Waals surface area contributed by atoms with E-state index in [1.54, 1.807) is 24.3 Å². The van der Waals surface area contributed by atoms with E-state index in [4.69, 9.17) is 0 Å². The summed E-state index contributed by atoms with van der Waals surface area (Å²) < 4.78 is 27.1. The van der Waals surface area contributed by atoms with Gasteiger partial charge in [0.25, 0.3) is 0 Å². The summed E-state index contributed by atoms with van der Waals surface area (Å²) in [6.07, 6.45) is 3.10. The van der Waals surface area contributed by atoms with Gasteiger partial charge in [0.2, 0.25) is 15.9 Å². The molecule has 0 aliphatic heterocycles. The Kier molecular flexibility index (Phi) is 6.15. The molecule has 0 aromatic heterocycles. The van der Waals surface area contributed by atoms with Crippen molar-refractivity contribution in [3.63, 3.8) is 0 Å². The maximum absolute atomic E-state index is 12.2.